The number of nitrogens with one attached hydrogen (secondary N) is 1. The Kier molecular flexibility index (Phi) is 5.63. The average molecular weight is 374 g/mol. The maximum atomic E-state index is 12.7. The molecule has 1 aromatic carbocycles. The first kappa shape index (κ1) is 19.5. The van der Waals surface area contributed by atoms with Crippen molar-refractivity contribution < 1.29 is 19.1 Å². The van der Waals surface area contributed by atoms with Gasteiger partial charge in [-0.05, 0) is 37.5 Å². The predicted octanol–water partition coefficient (Wildman–Crippen LogP) is 2.92. The van der Waals surface area contributed by atoms with Gasteiger partial charge in [-0.1, -0.05) is 26.8 Å². The zero-order chi connectivity index (χ0) is 19.6. The van der Waals surface area contributed by atoms with Gasteiger partial charge >= 0.3 is 0 Å². The van der Waals surface area contributed by atoms with Crippen molar-refractivity contribution in [3.8, 4) is 11.5 Å². The van der Waals surface area contributed by atoms with Gasteiger partial charge in [0, 0.05) is 24.4 Å². The van der Waals surface area contributed by atoms with Crippen molar-refractivity contribution in [2.24, 2.45) is 11.3 Å². The number of carbonyl (C=O) groups excluding carboxylic acids is 2. The number of amides is 2. The first-order valence-electron chi connectivity index (χ1n) is 9.75. The zero-order valence-electron chi connectivity index (χ0n) is 16.7. The number of rotatable bonds is 3. The second kappa shape index (κ2) is 7.79. The number of fused-ring (bicyclic) bond motifs is 1. The molecule has 2 aliphatic heterocycles. The van der Waals surface area contributed by atoms with Crippen LogP contribution >= 0.6 is 0 Å². The molecule has 0 radical (unpaired) electrons. The molecule has 27 heavy (non-hydrogen) atoms. The van der Waals surface area contributed by atoms with Crippen LogP contribution in [0.4, 0.5) is 0 Å². The van der Waals surface area contributed by atoms with E-state index >= 15 is 0 Å². The van der Waals surface area contributed by atoms with Gasteiger partial charge in [-0.15, -0.1) is 0 Å². The number of benzene rings is 1. The van der Waals surface area contributed by atoms with Gasteiger partial charge in [0.25, 0.3) is 0 Å². The van der Waals surface area contributed by atoms with Crippen LogP contribution in [0.3, 0.4) is 0 Å². The predicted molar refractivity (Wildman–Crippen MR) is 103 cm³/mol. The second-order valence-electron chi connectivity index (χ2n) is 8.45. The monoisotopic (exact) mass is 374 g/mol. The van der Waals surface area contributed by atoms with Gasteiger partial charge in [-0.25, -0.2) is 0 Å². The molecule has 0 aromatic heterocycles. The van der Waals surface area contributed by atoms with Gasteiger partial charge in [0.05, 0.1) is 6.04 Å². The van der Waals surface area contributed by atoms with E-state index < -0.39 is 0 Å². The minimum Gasteiger partial charge on any atom is -0.486 e. The van der Waals surface area contributed by atoms with Crippen LogP contribution in [-0.2, 0) is 9.59 Å². The van der Waals surface area contributed by atoms with Crippen molar-refractivity contribution in [2.45, 2.75) is 46.6 Å². The van der Waals surface area contributed by atoms with E-state index in [1.54, 1.807) is 0 Å². The highest BCUT2D eigenvalue weighted by Gasteiger charge is 2.32. The van der Waals surface area contributed by atoms with Crippen LogP contribution in [0.25, 0.3) is 0 Å². The van der Waals surface area contributed by atoms with Crippen molar-refractivity contribution >= 4 is 11.8 Å². The molecule has 1 saturated heterocycles. The molecule has 0 saturated carbocycles. The molecule has 3 rings (SSSR count). The molecule has 1 aromatic rings. The molecule has 2 heterocycles. The third-order valence-electron chi connectivity index (χ3n) is 5.22. The first-order chi connectivity index (χ1) is 12.8. The van der Waals surface area contributed by atoms with Gasteiger partial charge < -0.3 is 19.7 Å². The molecule has 0 spiro atoms. The summed E-state index contributed by atoms with van der Waals surface area (Å²) in [5.41, 5.74) is 0.620. The number of ether oxygens (including phenoxy) is 2. The molecule has 1 fully saturated rings. The van der Waals surface area contributed by atoms with Crippen LogP contribution in [0.5, 0.6) is 11.5 Å². The fraction of sp³-hybridized carbons (Fsp3) is 0.619. The highest BCUT2D eigenvalue weighted by atomic mass is 16.6. The Bertz CT molecular complexity index is 703. The topological polar surface area (TPSA) is 67.9 Å². The molecule has 0 bridgehead atoms. The number of hydrogen-bond acceptors (Lipinski definition) is 4. The maximum Gasteiger partial charge on any atom is 0.227 e. The van der Waals surface area contributed by atoms with Gasteiger partial charge in [0.2, 0.25) is 11.8 Å². The molecule has 0 aliphatic carbocycles. The number of hydrogen-bond donors (Lipinski definition) is 1. The summed E-state index contributed by atoms with van der Waals surface area (Å²) in [5.74, 6) is 1.65. The standard InChI is InChI=1S/C21H30N2O4/c1-14(16-5-6-17-18(13-16)27-12-11-26-17)22-19(24)15-7-9-23(10-8-15)20(25)21(2,3)4/h5-6,13-15H,7-12H2,1-4H3,(H,22,24)/t14-/m0/s1. The summed E-state index contributed by atoms with van der Waals surface area (Å²) in [7, 11) is 0. The van der Waals surface area contributed by atoms with E-state index in [-0.39, 0.29) is 29.2 Å². The molecule has 1 N–H and O–H groups in total. The van der Waals surface area contributed by atoms with Crippen LogP contribution in [0.1, 0.15) is 52.1 Å². The summed E-state index contributed by atoms with van der Waals surface area (Å²) in [6.45, 7) is 10.2. The third kappa shape index (κ3) is 4.54. The maximum absolute atomic E-state index is 12.7. The van der Waals surface area contributed by atoms with E-state index in [0.29, 0.717) is 39.1 Å². The van der Waals surface area contributed by atoms with Gasteiger partial charge in [0.1, 0.15) is 13.2 Å². The summed E-state index contributed by atoms with van der Waals surface area (Å²) in [6, 6.07) is 5.68. The number of nitrogens with zero attached hydrogens (tertiary/aromatic N) is 1. The van der Waals surface area contributed by atoms with Crippen LogP contribution in [0.2, 0.25) is 0 Å². The molecular weight excluding hydrogens is 344 g/mol. The van der Waals surface area contributed by atoms with E-state index in [0.717, 1.165) is 17.1 Å². The summed E-state index contributed by atoms with van der Waals surface area (Å²) in [5, 5.41) is 3.11. The van der Waals surface area contributed by atoms with Crippen molar-refractivity contribution in [3.05, 3.63) is 23.8 Å². The number of carbonyl (C=O) groups is 2. The lowest BCUT2D eigenvalue weighted by Crippen LogP contribution is -2.46. The Balaban J connectivity index is 1.54. The van der Waals surface area contributed by atoms with Crippen LogP contribution < -0.4 is 14.8 Å². The Morgan fingerprint density at radius 2 is 1.74 bits per heavy atom. The molecule has 2 aliphatic rings. The SMILES string of the molecule is C[C@H](NC(=O)C1CCN(C(=O)C(C)(C)C)CC1)c1ccc2c(c1)OCCO2. The summed E-state index contributed by atoms with van der Waals surface area (Å²) >= 11 is 0. The lowest BCUT2D eigenvalue weighted by molar-refractivity contribution is -0.142. The zero-order valence-corrected chi connectivity index (χ0v) is 16.7. The van der Waals surface area contributed by atoms with Gasteiger partial charge in [-0.2, -0.15) is 0 Å². The Morgan fingerprint density at radius 1 is 1.11 bits per heavy atom. The summed E-state index contributed by atoms with van der Waals surface area (Å²) in [6.07, 6.45) is 1.42. The highest BCUT2D eigenvalue weighted by Crippen LogP contribution is 2.33. The molecule has 6 nitrogen and oxygen atoms in total. The summed E-state index contributed by atoms with van der Waals surface area (Å²) in [4.78, 5) is 26.9. The van der Waals surface area contributed by atoms with Crippen molar-refractivity contribution in [3.63, 3.8) is 0 Å². The second-order valence-corrected chi connectivity index (χ2v) is 8.45. The van der Waals surface area contributed by atoms with Gasteiger partial charge in [-0.3, -0.25) is 9.59 Å². The highest BCUT2D eigenvalue weighted by molar-refractivity contribution is 5.83. The quantitative estimate of drug-likeness (QED) is 0.883. The van der Waals surface area contributed by atoms with Crippen LogP contribution in [-0.4, -0.2) is 43.0 Å². The lowest BCUT2D eigenvalue weighted by atomic mass is 9.90. The van der Waals surface area contributed by atoms with E-state index in [2.05, 4.69) is 5.32 Å². The Hall–Kier alpha value is -2.24. The lowest BCUT2D eigenvalue weighted by Gasteiger charge is -2.35. The van der Waals surface area contributed by atoms with E-state index in [1.807, 2.05) is 50.8 Å². The fourth-order valence-corrected chi connectivity index (χ4v) is 3.56. The Morgan fingerprint density at radius 3 is 2.37 bits per heavy atom. The van der Waals surface area contributed by atoms with E-state index in [9.17, 15) is 9.59 Å². The van der Waals surface area contributed by atoms with Crippen LogP contribution in [0, 0.1) is 11.3 Å². The molecule has 0 unspecified atom stereocenters. The smallest absolute Gasteiger partial charge is 0.227 e. The molecule has 2 amide bonds. The normalized spacial score (nSPS) is 18.7. The number of likely N-dealkylation sites (tertiary alicyclic amines) is 1. The molecular formula is C21H30N2O4. The third-order valence-corrected chi connectivity index (χ3v) is 5.22. The summed E-state index contributed by atoms with van der Waals surface area (Å²) < 4.78 is 11.2. The van der Waals surface area contributed by atoms with Crippen molar-refractivity contribution in [1.82, 2.24) is 10.2 Å². The van der Waals surface area contributed by atoms with Crippen molar-refractivity contribution in [1.29, 1.82) is 0 Å². The number of piperidine rings is 1. The fourth-order valence-electron chi connectivity index (χ4n) is 3.56. The molecule has 148 valence electrons. The van der Waals surface area contributed by atoms with E-state index in [4.69, 9.17) is 9.47 Å². The van der Waals surface area contributed by atoms with Crippen LogP contribution in [0.15, 0.2) is 18.2 Å². The Labute approximate surface area is 161 Å². The largest absolute Gasteiger partial charge is 0.486 e. The first-order valence-corrected chi connectivity index (χ1v) is 9.75. The van der Waals surface area contributed by atoms with Gasteiger partial charge in [0.15, 0.2) is 11.5 Å². The average Bonchev–Trinajstić information content (AvgIpc) is 2.66. The van der Waals surface area contributed by atoms with Crippen molar-refractivity contribution in [2.75, 3.05) is 26.3 Å². The molecule has 1 atom stereocenters. The van der Waals surface area contributed by atoms with E-state index in [1.165, 1.54) is 0 Å². The minimum absolute atomic E-state index is 0.0475. The molecule has 6 heteroatoms. The minimum atomic E-state index is -0.373.